The number of hydrogen-bond donors (Lipinski definition) is 2. The summed E-state index contributed by atoms with van der Waals surface area (Å²) in [6.45, 7) is 1.80. The van der Waals surface area contributed by atoms with Crippen LogP contribution in [-0.2, 0) is 17.7 Å². The highest BCUT2D eigenvalue weighted by Gasteiger charge is 2.15. The lowest BCUT2D eigenvalue weighted by Gasteiger charge is -2.09. The third-order valence-corrected chi connectivity index (χ3v) is 3.01. The minimum absolute atomic E-state index is 0. The first-order chi connectivity index (χ1) is 6.79. The van der Waals surface area contributed by atoms with Gasteiger partial charge in [0.2, 0.25) is 0 Å². The van der Waals surface area contributed by atoms with Crippen molar-refractivity contribution in [2.75, 3.05) is 19.0 Å². The molecule has 0 saturated carbocycles. The Morgan fingerprint density at radius 2 is 2.47 bits per heavy atom. The number of methoxy groups -OCH3 is 1. The molecule has 0 aromatic carbocycles. The van der Waals surface area contributed by atoms with Crippen molar-refractivity contribution in [1.82, 2.24) is 10.3 Å². The number of fused-ring (bicyclic) bond motifs is 1. The van der Waals surface area contributed by atoms with Crippen molar-refractivity contribution >= 4 is 35.0 Å². The molecule has 7 heteroatoms. The molecular formula is C8H12ClN3O2S. The van der Waals surface area contributed by atoms with E-state index in [-0.39, 0.29) is 12.4 Å². The summed E-state index contributed by atoms with van der Waals surface area (Å²) < 4.78 is 4.49. The maximum atomic E-state index is 10.9. The highest BCUT2D eigenvalue weighted by atomic mass is 35.5. The minimum atomic E-state index is -0.468. The van der Waals surface area contributed by atoms with E-state index in [1.54, 1.807) is 0 Å². The van der Waals surface area contributed by atoms with Crippen LogP contribution in [0.3, 0.4) is 0 Å². The van der Waals surface area contributed by atoms with Crippen LogP contribution in [0.15, 0.2) is 0 Å². The van der Waals surface area contributed by atoms with E-state index in [0.717, 1.165) is 25.2 Å². The van der Waals surface area contributed by atoms with Gasteiger partial charge >= 0.3 is 6.09 Å². The average Bonchev–Trinajstić information content (AvgIpc) is 2.59. The lowest BCUT2D eigenvalue weighted by Crippen LogP contribution is -2.22. The van der Waals surface area contributed by atoms with Gasteiger partial charge < -0.3 is 10.1 Å². The van der Waals surface area contributed by atoms with Gasteiger partial charge in [-0.3, -0.25) is 5.32 Å². The Kier molecular flexibility index (Phi) is 4.31. The maximum absolute atomic E-state index is 10.9. The van der Waals surface area contributed by atoms with Crippen LogP contribution < -0.4 is 10.6 Å². The molecule has 0 spiro atoms. The van der Waals surface area contributed by atoms with Crippen molar-refractivity contribution in [3.05, 3.63) is 10.6 Å². The molecule has 2 rings (SSSR count). The third-order valence-electron chi connectivity index (χ3n) is 2.00. The number of aromatic nitrogens is 1. The smallest absolute Gasteiger partial charge is 0.413 e. The fourth-order valence-corrected chi connectivity index (χ4v) is 2.28. The number of thiazole rings is 1. The van der Waals surface area contributed by atoms with Crippen LogP contribution in [0, 0.1) is 0 Å². The number of carbonyl (C=O) groups excluding carboxylic acids is 1. The molecule has 2 N–H and O–H groups in total. The number of anilines is 1. The molecule has 5 nitrogen and oxygen atoms in total. The molecule has 0 aliphatic carbocycles. The van der Waals surface area contributed by atoms with Gasteiger partial charge in [0.05, 0.1) is 12.8 Å². The van der Waals surface area contributed by atoms with Crippen LogP contribution in [0.1, 0.15) is 10.6 Å². The van der Waals surface area contributed by atoms with Crippen molar-refractivity contribution in [3.63, 3.8) is 0 Å². The molecule has 1 aliphatic rings. The van der Waals surface area contributed by atoms with E-state index in [4.69, 9.17) is 0 Å². The Bertz CT molecular complexity index is 332. The molecule has 0 atom stereocenters. The van der Waals surface area contributed by atoms with Gasteiger partial charge in [-0.2, -0.15) is 0 Å². The second kappa shape index (κ2) is 5.29. The molecule has 0 unspecified atom stereocenters. The van der Waals surface area contributed by atoms with Gasteiger partial charge in [-0.25, -0.2) is 9.78 Å². The number of ether oxygens (including phenoxy) is 1. The molecular weight excluding hydrogens is 238 g/mol. The second-order valence-corrected chi connectivity index (χ2v) is 4.02. The van der Waals surface area contributed by atoms with E-state index < -0.39 is 6.09 Å². The van der Waals surface area contributed by atoms with E-state index in [1.807, 2.05) is 0 Å². The number of nitrogens with one attached hydrogen (secondary N) is 2. The molecule has 1 aliphatic heterocycles. The van der Waals surface area contributed by atoms with E-state index in [9.17, 15) is 4.79 Å². The van der Waals surface area contributed by atoms with Crippen molar-refractivity contribution in [1.29, 1.82) is 0 Å². The molecule has 0 bridgehead atoms. The lowest BCUT2D eigenvalue weighted by atomic mass is 10.2. The van der Waals surface area contributed by atoms with Crippen LogP contribution in [0.4, 0.5) is 9.93 Å². The van der Waals surface area contributed by atoms with Crippen LogP contribution in [-0.4, -0.2) is 24.7 Å². The molecule has 0 saturated heterocycles. The normalized spacial score (nSPS) is 13.7. The van der Waals surface area contributed by atoms with Crippen LogP contribution in [0.5, 0.6) is 0 Å². The zero-order valence-corrected chi connectivity index (χ0v) is 9.83. The first kappa shape index (κ1) is 12.2. The molecule has 15 heavy (non-hydrogen) atoms. The first-order valence-electron chi connectivity index (χ1n) is 4.34. The lowest BCUT2D eigenvalue weighted by molar-refractivity contribution is 0.187. The Morgan fingerprint density at radius 1 is 1.67 bits per heavy atom. The number of halogens is 1. The van der Waals surface area contributed by atoms with Gasteiger partial charge in [0.15, 0.2) is 5.13 Å². The van der Waals surface area contributed by atoms with Crippen molar-refractivity contribution in [2.24, 2.45) is 0 Å². The summed E-state index contributed by atoms with van der Waals surface area (Å²) in [6.07, 6.45) is 0.457. The Morgan fingerprint density at radius 3 is 3.13 bits per heavy atom. The number of rotatable bonds is 1. The summed E-state index contributed by atoms with van der Waals surface area (Å²) in [4.78, 5) is 16.4. The summed E-state index contributed by atoms with van der Waals surface area (Å²) in [7, 11) is 1.34. The summed E-state index contributed by atoms with van der Waals surface area (Å²) in [6, 6.07) is 0. The van der Waals surface area contributed by atoms with Crippen LogP contribution in [0.2, 0.25) is 0 Å². The monoisotopic (exact) mass is 249 g/mol. The zero-order valence-electron chi connectivity index (χ0n) is 8.20. The fraction of sp³-hybridized carbons (Fsp3) is 0.500. The number of carbonyl (C=O) groups is 1. The van der Waals surface area contributed by atoms with Gasteiger partial charge in [-0.1, -0.05) is 11.3 Å². The van der Waals surface area contributed by atoms with E-state index in [1.165, 1.54) is 23.3 Å². The topological polar surface area (TPSA) is 63.2 Å². The molecule has 2 heterocycles. The molecule has 1 amide bonds. The van der Waals surface area contributed by atoms with Crippen LogP contribution >= 0.6 is 23.7 Å². The second-order valence-electron chi connectivity index (χ2n) is 2.93. The minimum Gasteiger partial charge on any atom is -0.453 e. The van der Waals surface area contributed by atoms with Gasteiger partial charge in [0, 0.05) is 24.4 Å². The van der Waals surface area contributed by atoms with Gasteiger partial charge in [0.25, 0.3) is 0 Å². The van der Waals surface area contributed by atoms with Crippen molar-refractivity contribution in [2.45, 2.75) is 13.0 Å². The predicted octanol–water partition coefficient (Wildman–Crippen LogP) is 1.39. The van der Waals surface area contributed by atoms with E-state index >= 15 is 0 Å². The molecule has 84 valence electrons. The van der Waals surface area contributed by atoms with Crippen molar-refractivity contribution < 1.29 is 9.53 Å². The first-order valence-corrected chi connectivity index (χ1v) is 5.15. The fourth-order valence-electron chi connectivity index (χ4n) is 1.32. The highest BCUT2D eigenvalue weighted by Crippen LogP contribution is 2.25. The molecule has 0 radical (unpaired) electrons. The Balaban J connectivity index is 0.00000112. The van der Waals surface area contributed by atoms with Crippen LogP contribution in [0.25, 0.3) is 0 Å². The highest BCUT2D eigenvalue weighted by molar-refractivity contribution is 7.15. The maximum Gasteiger partial charge on any atom is 0.413 e. The standard InChI is InChI=1S/C8H11N3O2S.ClH/c1-13-8(12)11-7-10-5-2-3-9-4-6(5)14-7;/h9H,2-4H2,1H3,(H,10,11,12);1H. The van der Waals surface area contributed by atoms with Gasteiger partial charge in [-0.05, 0) is 0 Å². The molecule has 0 fully saturated rings. The molecule has 1 aromatic heterocycles. The summed E-state index contributed by atoms with van der Waals surface area (Å²) >= 11 is 1.49. The number of hydrogen-bond acceptors (Lipinski definition) is 5. The quantitative estimate of drug-likeness (QED) is 0.790. The Hall–Kier alpha value is -0.850. The zero-order chi connectivity index (χ0) is 9.97. The van der Waals surface area contributed by atoms with E-state index in [0.29, 0.717) is 5.13 Å². The number of amides is 1. The summed E-state index contributed by atoms with van der Waals surface area (Å²) in [5.41, 5.74) is 1.08. The van der Waals surface area contributed by atoms with Gasteiger partial charge in [0.1, 0.15) is 0 Å². The van der Waals surface area contributed by atoms with E-state index in [2.05, 4.69) is 20.4 Å². The Labute approximate surface area is 97.6 Å². The third kappa shape index (κ3) is 2.80. The largest absolute Gasteiger partial charge is 0.453 e. The van der Waals surface area contributed by atoms with Gasteiger partial charge in [-0.15, -0.1) is 12.4 Å². The summed E-state index contributed by atoms with van der Waals surface area (Å²) in [5, 5.41) is 6.43. The average molecular weight is 250 g/mol. The van der Waals surface area contributed by atoms with Crippen molar-refractivity contribution in [3.8, 4) is 0 Å². The SMILES string of the molecule is COC(=O)Nc1nc2c(s1)CNCC2.Cl. The summed E-state index contributed by atoms with van der Waals surface area (Å²) in [5.74, 6) is 0. The molecule has 1 aromatic rings. The number of nitrogens with zero attached hydrogens (tertiary/aromatic N) is 1. The predicted molar refractivity (Wildman–Crippen MR) is 60.8 cm³/mol.